The lowest BCUT2D eigenvalue weighted by molar-refractivity contribution is -0.123. The van der Waals surface area contributed by atoms with Gasteiger partial charge >= 0.3 is 5.97 Å². The fraction of sp³-hybridized carbons (Fsp3) is 0.286. The predicted molar refractivity (Wildman–Crippen MR) is 105 cm³/mol. The molecule has 0 fully saturated rings. The summed E-state index contributed by atoms with van der Waals surface area (Å²) in [5, 5.41) is 10.4. The third-order valence-corrected chi connectivity index (χ3v) is 4.49. The molecule has 1 amide bonds. The number of carbonyl (C=O) groups excluding carboxylic acids is 2. The molecule has 27 heavy (non-hydrogen) atoms. The van der Waals surface area contributed by atoms with Crippen LogP contribution in [0.15, 0.2) is 42.5 Å². The number of anilines is 1. The Bertz CT molecular complexity index is 991. The van der Waals surface area contributed by atoms with Crippen LogP contribution in [0.1, 0.15) is 48.3 Å². The zero-order valence-electron chi connectivity index (χ0n) is 15.9. The van der Waals surface area contributed by atoms with E-state index in [0.717, 1.165) is 22.3 Å². The number of hydrogen-bond donors (Lipinski definition) is 2. The summed E-state index contributed by atoms with van der Waals surface area (Å²) in [5.74, 6) is -0.753. The van der Waals surface area contributed by atoms with Crippen LogP contribution >= 0.6 is 0 Å². The van der Waals surface area contributed by atoms with Crippen molar-refractivity contribution in [3.8, 4) is 0 Å². The number of nitrogens with one attached hydrogen (secondary N) is 2. The number of aromatic nitrogens is 2. The van der Waals surface area contributed by atoms with Crippen LogP contribution in [0.4, 0.5) is 5.69 Å². The Morgan fingerprint density at radius 2 is 1.81 bits per heavy atom. The van der Waals surface area contributed by atoms with Crippen LogP contribution < -0.4 is 5.32 Å². The van der Waals surface area contributed by atoms with Crippen LogP contribution in [0, 0.1) is 6.92 Å². The van der Waals surface area contributed by atoms with E-state index in [4.69, 9.17) is 4.74 Å². The number of fused-ring (bicyclic) bond motifs is 1. The second-order valence-electron chi connectivity index (χ2n) is 6.85. The highest BCUT2D eigenvalue weighted by Gasteiger charge is 2.23. The van der Waals surface area contributed by atoms with Crippen LogP contribution in [0.5, 0.6) is 0 Å². The standard InChI is InChI=1S/C21H23N3O3/c1-12(2)15-10-7-8-13(3)18(15)22-20(25)14(4)27-21(26)19-16-9-5-6-11-17(16)23-24-19/h5-12,14H,1-4H3,(H,22,25)(H,23,24). The molecule has 2 aromatic carbocycles. The van der Waals surface area contributed by atoms with Crippen LogP contribution in [-0.2, 0) is 9.53 Å². The van der Waals surface area contributed by atoms with Gasteiger partial charge in [0.05, 0.1) is 5.52 Å². The van der Waals surface area contributed by atoms with Gasteiger partial charge in [-0.1, -0.05) is 50.2 Å². The minimum Gasteiger partial charge on any atom is -0.448 e. The van der Waals surface area contributed by atoms with Crippen molar-refractivity contribution in [1.82, 2.24) is 10.2 Å². The van der Waals surface area contributed by atoms with Crippen LogP contribution in [0.25, 0.3) is 10.9 Å². The number of para-hydroxylation sites is 2. The number of amides is 1. The lowest BCUT2D eigenvalue weighted by Gasteiger charge is -2.18. The Labute approximate surface area is 157 Å². The molecule has 0 aliphatic heterocycles. The number of aromatic amines is 1. The van der Waals surface area contributed by atoms with Gasteiger partial charge in [0.15, 0.2) is 11.8 Å². The SMILES string of the molecule is Cc1cccc(C(C)C)c1NC(=O)C(C)OC(=O)c1n[nH]c2ccccc12. The molecule has 2 N–H and O–H groups in total. The average molecular weight is 365 g/mol. The Hall–Kier alpha value is -3.15. The van der Waals surface area contributed by atoms with Crippen molar-refractivity contribution in [3.63, 3.8) is 0 Å². The minimum absolute atomic E-state index is 0.170. The second-order valence-corrected chi connectivity index (χ2v) is 6.85. The summed E-state index contributed by atoms with van der Waals surface area (Å²) in [5.41, 5.74) is 3.68. The van der Waals surface area contributed by atoms with Crippen molar-refractivity contribution in [1.29, 1.82) is 0 Å². The number of carbonyl (C=O) groups is 2. The van der Waals surface area contributed by atoms with E-state index in [0.29, 0.717) is 5.39 Å². The van der Waals surface area contributed by atoms with Crippen LogP contribution in [-0.4, -0.2) is 28.2 Å². The molecule has 0 saturated carbocycles. The van der Waals surface area contributed by atoms with Gasteiger partial charge in [-0.15, -0.1) is 0 Å². The number of H-pyrrole nitrogens is 1. The normalized spacial score (nSPS) is 12.2. The van der Waals surface area contributed by atoms with Gasteiger partial charge in [0.2, 0.25) is 0 Å². The van der Waals surface area contributed by atoms with E-state index >= 15 is 0 Å². The molecule has 0 radical (unpaired) electrons. The fourth-order valence-corrected chi connectivity index (χ4v) is 2.96. The lowest BCUT2D eigenvalue weighted by Crippen LogP contribution is -2.30. The summed E-state index contributed by atoms with van der Waals surface area (Å²) in [6.07, 6.45) is -0.951. The molecule has 0 saturated heterocycles. The minimum atomic E-state index is -0.951. The first kappa shape index (κ1) is 18.6. The Balaban J connectivity index is 1.74. The first-order valence-corrected chi connectivity index (χ1v) is 8.93. The lowest BCUT2D eigenvalue weighted by atomic mass is 9.98. The molecule has 6 nitrogen and oxygen atoms in total. The third-order valence-electron chi connectivity index (χ3n) is 4.49. The van der Waals surface area contributed by atoms with E-state index in [2.05, 4.69) is 29.4 Å². The Morgan fingerprint density at radius 1 is 1.07 bits per heavy atom. The summed E-state index contributed by atoms with van der Waals surface area (Å²) < 4.78 is 5.34. The molecule has 0 aliphatic carbocycles. The van der Waals surface area contributed by atoms with Crippen molar-refractivity contribution >= 4 is 28.5 Å². The molecule has 1 heterocycles. The van der Waals surface area contributed by atoms with Gasteiger partial charge < -0.3 is 10.1 Å². The first-order valence-electron chi connectivity index (χ1n) is 8.93. The summed E-state index contributed by atoms with van der Waals surface area (Å²) in [6.45, 7) is 7.62. The molecule has 1 atom stereocenters. The zero-order valence-corrected chi connectivity index (χ0v) is 15.9. The van der Waals surface area contributed by atoms with Crippen LogP contribution in [0.3, 0.4) is 0 Å². The van der Waals surface area contributed by atoms with Gasteiger partial charge in [0.1, 0.15) is 0 Å². The van der Waals surface area contributed by atoms with Crippen LogP contribution in [0.2, 0.25) is 0 Å². The number of aryl methyl sites for hydroxylation is 1. The molecule has 1 unspecified atom stereocenters. The van der Waals surface area contributed by atoms with Gasteiger partial charge in [-0.25, -0.2) is 4.79 Å². The average Bonchev–Trinajstić information content (AvgIpc) is 3.07. The highest BCUT2D eigenvalue weighted by Crippen LogP contribution is 2.27. The summed E-state index contributed by atoms with van der Waals surface area (Å²) in [6, 6.07) is 13.2. The summed E-state index contributed by atoms with van der Waals surface area (Å²) in [4.78, 5) is 25.0. The molecule has 0 aliphatic rings. The molecule has 3 aromatic rings. The number of rotatable bonds is 5. The van der Waals surface area contributed by atoms with Crippen molar-refractivity contribution in [2.45, 2.75) is 39.7 Å². The molecule has 1 aromatic heterocycles. The highest BCUT2D eigenvalue weighted by molar-refractivity contribution is 6.03. The summed E-state index contributed by atoms with van der Waals surface area (Å²) >= 11 is 0. The van der Waals surface area contributed by atoms with Gasteiger partial charge in [-0.05, 0) is 37.0 Å². The number of hydrogen-bond acceptors (Lipinski definition) is 4. The molecular weight excluding hydrogens is 342 g/mol. The van der Waals surface area contributed by atoms with Gasteiger partial charge in [0, 0.05) is 11.1 Å². The second kappa shape index (κ2) is 7.61. The van der Waals surface area contributed by atoms with Gasteiger partial charge in [0.25, 0.3) is 5.91 Å². The molecule has 140 valence electrons. The number of nitrogens with zero attached hydrogens (tertiary/aromatic N) is 1. The maximum absolute atomic E-state index is 12.6. The Morgan fingerprint density at radius 3 is 2.56 bits per heavy atom. The van der Waals surface area contributed by atoms with Crippen molar-refractivity contribution in [2.24, 2.45) is 0 Å². The van der Waals surface area contributed by atoms with E-state index in [-0.39, 0.29) is 17.5 Å². The monoisotopic (exact) mass is 365 g/mol. The number of ether oxygens (including phenoxy) is 1. The van der Waals surface area contributed by atoms with E-state index < -0.39 is 12.1 Å². The number of benzene rings is 2. The molecule has 0 bridgehead atoms. The molecule has 0 spiro atoms. The van der Waals surface area contributed by atoms with E-state index in [9.17, 15) is 9.59 Å². The summed E-state index contributed by atoms with van der Waals surface area (Å²) in [7, 11) is 0. The topological polar surface area (TPSA) is 84.1 Å². The third kappa shape index (κ3) is 3.84. The maximum atomic E-state index is 12.6. The van der Waals surface area contributed by atoms with E-state index in [1.54, 1.807) is 13.0 Å². The number of esters is 1. The highest BCUT2D eigenvalue weighted by atomic mass is 16.5. The van der Waals surface area contributed by atoms with Crippen molar-refractivity contribution in [3.05, 3.63) is 59.3 Å². The van der Waals surface area contributed by atoms with E-state index in [1.807, 2.05) is 43.3 Å². The predicted octanol–water partition coefficient (Wildman–Crippen LogP) is 4.18. The van der Waals surface area contributed by atoms with Gasteiger partial charge in [-0.3, -0.25) is 9.89 Å². The van der Waals surface area contributed by atoms with Crippen molar-refractivity contribution < 1.29 is 14.3 Å². The fourth-order valence-electron chi connectivity index (χ4n) is 2.96. The van der Waals surface area contributed by atoms with E-state index in [1.165, 1.54) is 0 Å². The Kier molecular flexibility index (Phi) is 5.26. The zero-order chi connectivity index (χ0) is 19.6. The maximum Gasteiger partial charge on any atom is 0.360 e. The largest absolute Gasteiger partial charge is 0.448 e. The smallest absolute Gasteiger partial charge is 0.360 e. The molecular formula is C21H23N3O3. The quantitative estimate of drug-likeness (QED) is 0.664. The molecule has 3 rings (SSSR count). The van der Waals surface area contributed by atoms with Crippen molar-refractivity contribution in [2.75, 3.05) is 5.32 Å². The first-order chi connectivity index (χ1) is 12.9. The molecule has 6 heteroatoms. The van der Waals surface area contributed by atoms with Gasteiger partial charge in [-0.2, -0.15) is 5.10 Å².